The molecule has 2 aliphatic heterocycles. The lowest BCUT2D eigenvalue weighted by molar-refractivity contribution is -0.664. The Labute approximate surface area is 237 Å². The average Bonchev–Trinajstić information content (AvgIpc) is 3.53. The fourth-order valence-corrected chi connectivity index (χ4v) is 6.41. The first-order valence-corrected chi connectivity index (χ1v) is 13.7. The van der Waals surface area contributed by atoms with Crippen LogP contribution < -0.4 is 15.6 Å². The van der Waals surface area contributed by atoms with Crippen molar-refractivity contribution in [2.45, 2.75) is 31.0 Å². The van der Waals surface area contributed by atoms with Gasteiger partial charge in [0.2, 0.25) is 12.4 Å². The molecule has 208 valence electrons. The van der Waals surface area contributed by atoms with Gasteiger partial charge in [0.1, 0.15) is 39.2 Å². The molecule has 0 bridgehead atoms. The van der Waals surface area contributed by atoms with Crippen molar-refractivity contribution in [3.05, 3.63) is 46.0 Å². The van der Waals surface area contributed by atoms with Crippen molar-refractivity contribution in [3.8, 4) is 0 Å². The third-order valence-electron chi connectivity index (χ3n) is 6.04. The zero-order valence-corrected chi connectivity index (χ0v) is 22.8. The molecule has 2 unspecified atom stereocenters. The molecule has 1 fully saturated rings. The predicted octanol–water partition coefficient (Wildman–Crippen LogP) is 0.175. The highest BCUT2D eigenvalue weighted by Crippen LogP contribution is 2.40. The number of carbonyl (C=O) groups excluding carboxylic acids is 2. The van der Waals surface area contributed by atoms with E-state index in [9.17, 15) is 24.3 Å². The Hall–Kier alpha value is -4.22. The second kappa shape index (κ2) is 10.7. The van der Waals surface area contributed by atoms with E-state index in [0.29, 0.717) is 11.2 Å². The minimum absolute atomic E-state index is 0.00301. The first kappa shape index (κ1) is 27.4. The molecule has 3 atom stereocenters. The van der Waals surface area contributed by atoms with Crippen molar-refractivity contribution < 1.29 is 38.8 Å². The number of nitrogen functional groups attached to an aromatic ring is 1. The van der Waals surface area contributed by atoms with Crippen LogP contribution in [0.15, 0.2) is 41.1 Å². The monoisotopic (exact) mass is 607 g/mol. The number of aromatic nitrogens is 4. The van der Waals surface area contributed by atoms with Gasteiger partial charge in [-0.3, -0.25) is 14.5 Å². The lowest BCUT2D eigenvalue weighted by Gasteiger charge is -2.49. The van der Waals surface area contributed by atoms with Gasteiger partial charge in [0.15, 0.2) is 10.8 Å². The number of halogens is 1. The lowest BCUT2D eigenvalue weighted by atomic mass is 10.0. The number of thioether (sulfide) groups is 1. The van der Waals surface area contributed by atoms with E-state index >= 15 is 0 Å². The van der Waals surface area contributed by atoms with E-state index < -0.39 is 47.0 Å². The number of pyridine rings is 1. The quantitative estimate of drug-likeness (QED) is 0.0955. The number of nitrogens with one attached hydrogen (secondary N) is 2. The minimum Gasteiger partial charge on any atom is -0.478 e. The number of thiazole rings is 1. The van der Waals surface area contributed by atoms with Crippen LogP contribution in [0.3, 0.4) is 0 Å². The van der Waals surface area contributed by atoms with Crippen LogP contribution >= 0.6 is 34.7 Å². The standard InChI is InChI=1S/C22H19ClN8O7S2/c1-8(20(34)35)38-29-12(11-15(23)40-22(24)28-11)17(32)27-13-18(33)31-14(21(36)37)9(6-39-19(13)31)5-30-4-2-3-10-16(30)26-7-25-10/h2-4,7-8,13,19H,5-6H2,1H3,(H5,24,27,28,32,34,35,36,37)/p+1/b29-12-/t8-,13?,19?/m0/s1. The van der Waals surface area contributed by atoms with Crippen LogP contribution in [0.5, 0.6) is 0 Å². The Morgan fingerprint density at radius 3 is 2.88 bits per heavy atom. The molecule has 0 spiro atoms. The van der Waals surface area contributed by atoms with Gasteiger partial charge in [-0.1, -0.05) is 28.1 Å². The Kier molecular flexibility index (Phi) is 7.35. The summed E-state index contributed by atoms with van der Waals surface area (Å²) in [6, 6.07) is 2.53. The average molecular weight is 608 g/mol. The van der Waals surface area contributed by atoms with Gasteiger partial charge >= 0.3 is 17.6 Å². The molecule has 0 saturated carbocycles. The summed E-state index contributed by atoms with van der Waals surface area (Å²) in [5.74, 6) is -3.93. The van der Waals surface area contributed by atoms with E-state index in [1.807, 2.05) is 6.07 Å². The molecule has 6 N–H and O–H groups in total. The number of carboxylic acids is 2. The van der Waals surface area contributed by atoms with E-state index in [1.165, 1.54) is 25.0 Å². The van der Waals surface area contributed by atoms with Crippen LogP contribution in [-0.4, -0.2) is 82.8 Å². The molecule has 3 aromatic rings. The number of fused-ring (bicyclic) bond motifs is 2. The molecular formula is C22H20ClN8O7S2+. The number of rotatable bonds is 9. The molecule has 15 nitrogen and oxygen atoms in total. The summed E-state index contributed by atoms with van der Waals surface area (Å²) in [4.78, 5) is 67.1. The van der Waals surface area contributed by atoms with Gasteiger partial charge < -0.3 is 31.1 Å². The SMILES string of the molecule is C[C@H](O/N=C(\C(=O)NC1C(=O)N2C(C(=O)O)=C(C[n+]3cccc4[nH]cnc43)CSC12)c1nc(N)sc1Cl)C(=O)O. The number of nitrogens with two attached hydrogens (primary N) is 1. The molecule has 0 aliphatic carbocycles. The number of imidazole rings is 1. The van der Waals surface area contributed by atoms with Crippen molar-refractivity contribution in [2.75, 3.05) is 11.5 Å². The summed E-state index contributed by atoms with van der Waals surface area (Å²) in [7, 11) is 0. The van der Waals surface area contributed by atoms with Gasteiger partial charge in [-0.25, -0.2) is 19.1 Å². The zero-order chi connectivity index (χ0) is 28.7. The Morgan fingerprint density at radius 1 is 1.43 bits per heavy atom. The Bertz CT molecular complexity index is 1620. The second-order valence-electron chi connectivity index (χ2n) is 8.59. The molecule has 40 heavy (non-hydrogen) atoms. The summed E-state index contributed by atoms with van der Waals surface area (Å²) in [6.45, 7) is 1.39. The van der Waals surface area contributed by atoms with Crippen LogP contribution in [0.4, 0.5) is 5.13 Å². The third kappa shape index (κ3) is 4.93. The molecule has 0 aromatic carbocycles. The third-order valence-corrected chi connectivity index (χ3v) is 8.46. The van der Waals surface area contributed by atoms with Gasteiger partial charge in [-0.05, 0) is 24.0 Å². The van der Waals surface area contributed by atoms with Gasteiger partial charge in [0.25, 0.3) is 11.8 Å². The smallest absolute Gasteiger partial charge is 0.352 e. The molecule has 2 aliphatic rings. The number of oxime groups is 1. The Morgan fingerprint density at radius 2 is 2.20 bits per heavy atom. The number of anilines is 1. The number of hydrogen-bond donors (Lipinski definition) is 5. The topological polar surface area (TPSA) is 217 Å². The van der Waals surface area contributed by atoms with Crippen LogP contribution in [0.1, 0.15) is 12.6 Å². The van der Waals surface area contributed by atoms with Crippen LogP contribution in [0, 0.1) is 0 Å². The number of aliphatic carboxylic acids is 2. The lowest BCUT2D eigenvalue weighted by Crippen LogP contribution is -2.71. The number of carboxylic acid groups (broad SMARTS) is 2. The van der Waals surface area contributed by atoms with E-state index in [-0.39, 0.29) is 33.2 Å². The highest BCUT2D eigenvalue weighted by molar-refractivity contribution is 8.00. The first-order chi connectivity index (χ1) is 19.1. The number of β-lactam (4-membered cyclic amide) rings is 1. The molecule has 5 rings (SSSR count). The maximum Gasteiger partial charge on any atom is 0.352 e. The molecule has 18 heteroatoms. The van der Waals surface area contributed by atoms with E-state index in [4.69, 9.17) is 27.3 Å². The number of amides is 2. The maximum absolute atomic E-state index is 13.2. The van der Waals surface area contributed by atoms with Crippen molar-refractivity contribution in [1.29, 1.82) is 0 Å². The summed E-state index contributed by atoms with van der Waals surface area (Å²) >= 11 is 8.27. The van der Waals surface area contributed by atoms with Crippen LogP contribution in [0.25, 0.3) is 11.2 Å². The van der Waals surface area contributed by atoms with Crippen LogP contribution in [-0.2, 0) is 30.6 Å². The molecule has 2 amide bonds. The van der Waals surface area contributed by atoms with Gasteiger partial charge in [-0.2, -0.15) is 0 Å². The predicted molar refractivity (Wildman–Crippen MR) is 142 cm³/mol. The number of carbonyl (C=O) groups is 4. The highest BCUT2D eigenvalue weighted by Gasteiger charge is 2.54. The van der Waals surface area contributed by atoms with Crippen molar-refractivity contribution in [3.63, 3.8) is 0 Å². The number of aromatic amines is 1. The normalized spacial score (nSPS) is 19.7. The number of hydrogen-bond acceptors (Lipinski definition) is 11. The van der Waals surface area contributed by atoms with Crippen molar-refractivity contribution in [1.82, 2.24) is 25.2 Å². The molecular weight excluding hydrogens is 588 g/mol. The van der Waals surface area contributed by atoms with E-state index in [1.54, 1.807) is 16.8 Å². The summed E-state index contributed by atoms with van der Waals surface area (Å²) in [5, 5.41) is 24.5. The molecule has 3 aromatic heterocycles. The minimum atomic E-state index is -1.40. The first-order valence-electron chi connectivity index (χ1n) is 11.5. The maximum atomic E-state index is 13.2. The number of nitrogens with zero attached hydrogens (tertiary/aromatic N) is 5. The number of H-pyrrole nitrogens is 1. The van der Waals surface area contributed by atoms with Gasteiger partial charge in [0, 0.05) is 11.3 Å². The Balaban J connectivity index is 1.38. The summed E-state index contributed by atoms with van der Waals surface area (Å²) in [6.07, 6.45) is 1.89. The van der Waals surface area contributed by atoms with E-state index in [2.05, 4.69) is 25.4 Å². The molecule has 5 heterocycles. The van der Waals surface area contributed by atoms with Gasteiger partial charge in [-0.15, -0.1) is 11.8 Å². The fraction of sp³-hybridized carbons (Fsp3) is 0.273. The summed E-state index contributed by atoms with van der Waals surface area (Å²) in [5.41, 5.74) is 6.75. The molecule has 0 radical (unpaired) electrons. The van der Waals surface area contributed by atoms with Crippen molar-refractivity contribution >= 4 is 80.5 Å². The largest absolute Gasteiger partial charge is 0.478 e. The van der Waals surface area contributed by atoms with Gasteiger partial charge in [0.05, 0.1) is 6.20 Å². The highest BCUT2D eigenvalue weighted by atomic mass is 35.5. The van der Waals surface area contributed by atoms with Crippen LogP contribution in [0.2, 0.25) is 4.34 Å². The fourth-order valence-electron chi connectivity index (χ4n) is 4.14. The zero-order valence-electron chi connectivity index (χ0n) is 20.4. The second-order valence-corrected chi connectivity index (χ2v) is 11.3. The van der Waals surface area contributed by atoms with E-state index in [0.717, 1.165) is 21.8 Å². The molecule has 1 saturated heterocycles. The summed E-state index contributed by atoms with van der Waals surface area (Å²) < 4.78 is 1.77. The van der Waals surface area contributed by atoms with Crippen molar-refractivity contribution in [2.24, 2.45) is 5.16 Å².